The molecule has 0 saturated heterocycles. The molecule has 5 heteroatoms. The standard InChI is InChI=1S/C14H12FNO2S/c1-9-3-4-10(2)14(5-9)19-13-7-11(15)6-12(8-13)16(17)18/h3-8H,1-2H3. The quantitative estimate of drug-likeness (QED) is 0.612. The number of non-ortho nitro benzene ring substituents is 1. The fraction of sp³-hybridized carbons (Fsp3) is 0.143. The Morgan fingerprint density at radius 3 is 2.58 bits per heavy atom. The van der Waals surface area contributed by atoms with Crippen molar-refractivity contribution >= 4 is 17.4 Å². The number of aryl methyl sites for hydroxylation is 2. The highest BCUT2D eigenvalue weighted by atomic mass is 32.2. The van der Waals surface area contributed by atoms with Crippen molar-refractivity contribution in [2.24, 2.45) is 0 Å². The van der Waals surface area contributed by atoms with Gasteiger partial charge in [0.15, 0.2) is 0 Å². The molecule has 0 aliphatic heterocycles. The summed E-state index contributed by atoms with van der Waals surface area (Å²) in [6, 6.07) is 9.57. The van der Waals surface area contributed by atoms with Crippen LogP contribution in [0.3, 0.4) is 0 Å². The topological polar surface area (TPSA) is 43.1 Å². The maximum atomic E-state index is 13.4. The van der Waals surface area contributed by atoms with Crippen molar-refractivity contribution in [3.05, 3.63) is 63.5 Å². The van der Waals surface area contributed by atoms with Crippen LogP contribution in [0.1, 0.15) is 11.1 Å². The van der Waals surface area contributed by atoms with E-state index in [1.165, 1.54) is 23.9 Å². The molecule has 0 bridgehead atoms. The van der Waals surface area contributed by atoms with Crippen molar-refractivity contribution in [3.8, 4) is 0 Å². The fourth-order valence-electron chi connectivity index (χ4n) is 1.66. The highest BCUT2D eigenvalue weighted by molar-refractivity contribution is 7.99. The van der Waals surface area contributed by atoms with Gasteiger partial charge in [-0.05, 0) is 37.1 Å². The molecule has 0 fully saturated rings. The number of nitro groups is 1. The van der Waals surface area contributed by atoms with Gasteiger partial charge in [0, 0.05) is 15.9 Å². The first-order valence-electron chi connectivity index (χ1n) is 5.66. The molecule has 2 aromatic rings. The van der Waals surface area contributed by atoms with E-state index in [0.717, 1.165) is 22.1 Å². The largest absolute Gasteiger partial charge is 0.273 e. The van der Waals surface area contributed by atoms with E-state index in [1.54, 1.807) is 0 Å². The molecule has 3 nitrogen and oxygen atoms in total. The van der Waals surface area contributed by atoms with Crippen LogP contribution in [0, 0.1) is 29.8 Å². The SMILES string of the molecule is Cc1ccc(C)c(Sc2cc(F)cc([N+](=O)[O-])c2)c1. The van der Waals surface area contributed by atoms with Crippen molar-refractivity contribution in [2.45, 2.75) is 23.6 Å². The molecule has 0 radical (unpaired) electrons. The molecule has 0 spiro atoms. The normalized spacial score (nSPS) is 10.5. The Kier molecular flexibility index (Phi) is 3.85. The molecular formula is C14H12FNO2S. The highest BCUT2D eigenvalue weighted by Gasteiger charge is 2.11. The van der Waals surface area contributed by atoms with Crippen LogP contribution in [-0.2, 0) is 0 Å². The van der Waals surface area contributed by atoms with Crippen LogP contribution in [-0.4, -0.2) is 4.92 Å². The zero-order chi connectivity index (χ0) is 14.0. The molecule has 98 valence electrons. The minimum Gasteiger partial charge on any atom is -0.258 e. The van der Waals surface area contributed by atoms with E-state index in [2.05, 4.69) is 0 Å². The van der Waals surface area contributed by atoms with Crippen molar-refractivity contribution in [1.82, 2.24) is 0 Å². The van der Waals surface area contributed by atoms with Crippen LogP contribution < -0.4 is 0 Å². The zero-order valence-corrected chi connectivity index (χ0v) is 11.3. The third kappa shape index (κ3) is 3.32. The number of benzene rings is 2. The second-order valence-electron chi connectivity index (χ2n) is 4.27. The Bertz CT molecular complexity index is 643. The molecule has 0 heterocycles. The van der Waals surface area contributed by atoms with Gasteiger partial charge in [-0.1, -0.05) is 23.9 Å². The Hall–Kier alpha value is -1.88. The van der Waals surface area contributed by atoms with E-state index < -0.39 is 10.7 Å². The van der Waals surface area contributed by atoms with E-state index in [9.17, 15) is 14.5 Å². The summed E-state index contributed by atoms with van der Waals surface area (Å²) in [7, 11) is 0. The molecule has 0 atom stereocenters. The van der Waals surface area contributed by atoms with Crippen LogP contribution in [0.25, 0.3) is 0 Å². The van der Waals surface area contributed by atoms with Crippen molar-refractivity contribution in [2.75, 3.05) is 0 Å². The van der Waals surface area contributed by atoms with Gasteiger partial charge in [-0.25, -0.2) is 4.39 Å². The molecule has 0 aromatic heterocycles. The first kappa shape index (κ1) is 13.5. The van der Waals surface area contributed by atoms with Gasteiger partial charge in [-0.2, -0.15) is 0 Å². The molecule has 19 heavy (non-hydrogen) atoms. The Balaban J connectivity index is 2.38. The minimum atomic E-state index is -0.595. The summed E-state index contributed by atoms with van der Waals surface area (Å²) in [5.74, 6) is -0.595. The molecule has 0 saturated carbocycles. The summed E-state index contributed by atoms with van der Waals surface area (Å²) in [6.07, 6.45) is 0. The minimum absolute atomic E-state index is 0.229. The van der Waals surface area contributed by atoms with Gasteiger partial charge in [0.25, 0.3) is 5.69 Å². The number of hydrogen-bond acceptors (Lipinski definition) is 3. The van der Waals surface area contributed by atoms with Gasteiger partial charge in [0.1, 0.15) is 5.82 Å². The van der Waals surface area contributed by atoms with Crippen molar-refractivity contribution < 1.29 is 9.31 Å². The predicted octanol–water partition coefficient (Wildman–Crippen LogP) is 4.50. The second-order valence-corrected chi connectivity index (χ2v) is 5.39. The molecule has 0 aliphatic rings. The smallest absolute Gasteiger partial charge is 0.258 e. The summed E-state index contributed by atoms with van der Waals surface area (Å²) in [6.45, 7) is 3.92. The van der Waals surface area contributed by atoms with Gasteiger partial charge in [-0.3, -0.25) is 10.1 Å². The third-order valence-corrected chi connectivity index (χ3v) is 3.77. The lowest BCUT2D eigenvalue weighted by atomic mass is 10.2. The third-order valence-electron chi connectivity index (χ3n) is 2.64. The van der Waals surface area contributed by atoms with Gasteiger partial charge < -0.3 is 0 Å². The molecule has 2 aromatic carbocycles. The predicted molar refractivity (Wildman–Crippen MR) is 73.1 cm³/mol. The Labute approximate surface area is 114 Å². The molecule has 0 unspecified atom stereocenters. The van der Waals surface area contributed by atoms with Crippen LogP contribution in [0.4, 0.5) is 10.1 Å². The summed E-state index contributed by atoms with van der Waals surface area (Å²) in [5, 5.41) is 10.7. The summed E-state index contributed by atoms with van der Waals surface area (Å²) < 4.78 is 13.4. The van der Waals surface area contributed by atoms with Gasteiger partial charge in [0.2, 0.25) is 0 Å². The number of nitrogens with zero attached hydrogens (tertiary/aromatic N) is 1. The number of halogens is 1. The molecule has 2 rings (SSSR count). The second kappa shape index (κ2) is 5.40. The number of rotatable bonds is 3. The van der Waals surface area contributed by atoms with Gasteiger partial charge in [0.05, 0.1) is 11.0 Å². The number of hydrogen-bond donors (Lipinski definition) is 0. The number of nitro benzene ring substituents is 1. The monoisotopic (exact) mass is 277 g/mol. The van der Waals surface area contributed by atoms with Crippen molar-refractivity contribution in [1.29, 1.82) is 0 Å². The lowest BCUT2D eigenvalue weighted by Gasteiger charge is -2.07. The van der Waals surface area contributed by atoms with Crippen LogP contribution in [0.5, 0.6) is 0 Å². The summed E-state index contributed by atoms with van der Waals surface area (Å²) in [5.41, 5.74) is 1.93. The van der Waals surface area contributed by atoms with Crippen LogP contribution in [0.2, 0.25) is 0 Å². The Morgan fingerprint density at radius 1 is 1.16 bits per heavy atom. The lowest BCUT2D eigenvalue weighted by Crippen LogP contribution is -1.90. The van der Waals surface area contributed by atoms with E-state index in [-0.39, 0.29) is 5.69 Å². The zero-order valence-electron chi connectivity index (χ0n) is 10.5. The van der Waals surface area contributed by atoms with Crippen LogP contribution >= 0.6 is 11.8 Å². The first-order chi connectivity index (χ1) is 8.95. The fourth-order valence-corrected chi connectivity index (χ4v) is 2.74. The van der Waals surface area contributed by atoms with Crippen LogP contribution in [0.15, 0.2) is 46.2 Å². The molecule has 0 amide bonds. The van der Waals surface area contributed by atoms with Gasteiger partial charge in [-0.15, -0.1) is 0 Å². The molecule has 0 aliphatic carbocycles. The van der Waals surface area contributed by atoms with Gasteiger partial charge >= 0.3 is 0 Å². The average Bonchev–Trinajstić information content (AvgIpc) is 2.33. The maximum Gasteiger partial charge on any atom is 0.273 e. The van der Waals surface area contributed by atoms with E-state index in [4.69, 9.17) is 0 Å². The maximum absolute atomic E-state index is 13.4. The highest BCUT2D eigenvalue weighted by Crippen LogP contribution is 2.33. The Morgan fingerprint density at radius 2 is 1.89 bits per heavy atom. The molecule has 0 N–H and O–H groups in total. The lowest BCUT2D eigenvalue weighted by molar-refractivity contribution is -0.385. The van der Waals surface area contributed by atoms with E-state index >= 15 is 0 Å². The van der Waals surface area contributed by atoms with Crippen molar-refractivity contribution in [3.63, 3.8) is 0 Å². The molecular weight excluding hydrogens is 265 g/mol. The first-order valence-corrected chi connectivity index (χ1v) is 6.47. The van der Waals surface area contributed by atoms with E-state index in [1.807, 2.05) is 32.0 Å². The summed E-state index contributed by atoms with van der Waals surface area (Å²) in [4.78, 5) is 11.6. The van der Waals surface area contributed by atoms with E-state index in [0.29, 0.717) is 4.90 Å². The average molecular weight is 277 g/mol. The summed E-state index contributed by atoms with van der Waals surface area (Å²) >= 11 is 1.33.